The highest BCUT2D eigenvalue weighted by Crippen LogP contribution is 2.27. The van der Waals surface area contributed by atoms with Crippen LogP contribution in [-0.2, 0) is 16.1 Å². The van der Waals surface area contributed by atoms with Gasteiger partial charge in [0.2, 0.25) is 5.91 Å². The number of amides is 1. The number of hydrogen-bond acceptors (Lipinski definition) is 4. The number of benzene rings is 1. The van der Waals surface area contributed by atoms with Gasteiger partial charge in [-0.05, 0) is 37.0 Å². The maximum Gasteiger partial charge on any atom is 0.240 e. The van der Waals surface area contributed by atoms with E-state index in [0.29, 0.717) is 19.8 Å². The van der Waals surface area contributed by atoms with Gasteiger partial charge < -0.3 is 20.5 Å². The van der Waals surface area contributed by atoms with Gasteiger partial charge >= 0.3 is 0 Å². The van der Waals surface area contributed by atoms with E-state index in [2.05, 4.69) is 5.32 Å². The number of nitrogens with one attached hydrogen (secondary N) is 1. The van der Waals surface area contributed by atoms with E-state index in [1.807, 2.05) is 24.3 Å². The lowest BCUT2D eigenvalue weighted by Crippen LogP contribution is -2.52. The summed E-state index contributed by atoms with van der Waals surface area (Å²) in [5, 5.41) is 2.92. The molecule has 22 heavy (non-hydrogen) atoms. The van der Waals surface area contributed by atoms with Crippen LogP contribution in [0.5, 0.6) is 5.75 Å². The average Bonchev–Trinajstić information content (AvgIpc) is 2.99. The zero-order chi connectivity index (χ0) is 15.8. The van der Waals surface area contributed by atoms with E-state index in [4.69, 9.17) is 15.2 Å². The molecular weight excluding hydrogens is 280 g/mol. The molecule has 0 atom stereocenters. The highest BCUT2D eigenvalue weighted by Gasteiger charge is 2.36. The van der Waals surface area contributed by atoms with Gasteiger partial charge in [-0.3, -0.25) is 4.79 Å². The number of carbonyl (C=O) groups excluding carboxylic acids is 1. The minimum atomic E-state index is -0.635. The molecule has 122 valence electrons. The van der Waals surface area contributed by atoms with Gasteiger partial charge in [0, 0.05) is 13.2 Å². The summed E-state index contributed by atoms with van der Waals surface area (Å²) >= 11 is 0. The summed E-state index contributed by atoms with van der Waals surface area (Å²) in [5.74, 6) is 0.828. The molecule has 0 saturated heterocycles. The Bertz CT molecular complexity index is 467. The molecule has 1 aliphatic carbocycles. The fourth-order valence-corrected chi connectivity index (χ4v) is 2.70. The molecule has 0 spiro atoms. The molecule has 3 N–H and O–H groups in total. The van der Waals surface area contributed by atoms with Gasteiger partial charge in [0.25, 0.3) is 0 Å². The lowest BCUT2D eigenvalue weighted by atomic mass is 9.98. The van der Waals surface area contributed by atoms with Crippen LogP contribution in [0.15, 0.2) is 24.3 Å². The highest BCUT2D eigenvalue weighted by atomic mass is 16.5. The normalized spacial score (nSPS) is 16.5. The molecule has 0 heterocycles. The van der Waals surface area contributed by atoms with E-state index >= 15 is 0 Å². The monoisotopic (exact) mass is 306 g/mol. The number of rotatable bonds is 8. The van der Waals surface area contributed by atoms with Gasteiger partial charge in [-0.25, -0.2) is 0 Å². The van der Waals surface area contributed by atoms with Gasteiger partial charge in [0.15, 0.2) is 0 Å². The zero-order valence-electron chi connectivity index (χ0n) is 13.3. The van der Waals surface area contributed by atoms with Gasteiger partial charge in [0.1, 0.15) is 5.75 Å². The van der Waals surface area contributed by atoms with E-state index < -0.39 is 5.54 Å². The van der Waals surface area contributed by atoms with Crippen molar-refractivity contribution in [1.82, 2.24) is 5.32 Å². The first-order chi connectivity index (χ1) is 10.6. The minimum Gasteiger partial charge on any atom is -0.497 e. The Labute approximate surface area is 132 Å². The third-order valence-electron chi connectivity index (χ3n) is 4.13. The Morgan fingerprint density at radius 1 is 1.27 bits per heavy atom. The Kier molecular flexibility index (Phi) is 6.21. The largest absolute Gasteiger partial charge is 0.497 e. The standard InChI is InChI=1S/C17H26N2O3/c1-21-15-7-5-14(6-8-15)13-22-12-4-11-19-16(20)17(18)9-2-3-10-17/h5-8H,2-4,9-13,18H2,1H3,(H,19,20). The van der Waals surface area contributed by atoms with Gasteiger partial charge in [-0.1, -0.05) is 25.0 Å². The van der Waals surface area contributed by atoms with Crippen LogP contribution in [0.2, 0.25) is 0 Å². The van der Waals surface area contributed by atoms with Crippen molar-refractivity contribution in [3.8, 4) is 5.75 Å². The summed E-state index contributed by atoms with van der Waals surface area (Å²) in [7, 11) is 1.65. The molecular formula is C17H26N2O3. The molecule has 0 aliphatic heterocycles. The van der Waals surface area contributed by atoms with E-state index in [0.717, 1.165) is 43.4 Å². The third-order valence-corrected chi connectivity index (χ3v) is 4.13. The molecule has 1 aromatic rings. The molecule has 1 aromatic carbocycles. The second kappa shape index (κ2) is 8.15. The Balaban J connectivity index is 1.56. The molecule has 0 bridgehead atoms. The number of nitrogens with two attached hydrogens (primary N) is 1. The molecule has 1 aliphatic rings. The van der Waals surface area contributed by atoms with Crippen LogP contribution in [0.1, 0.15) is 37.7 Å². The first-order valence-electron chi connectivity index (χ1n) is 7.92. The van der Waals surface area contributed by atoms with E-state index in [-0.39, 0.29) is 5.91 Å². The molecule has 1 saturated carbocycles. The van der Waals surface area contributed by atoms with Crippen molar-refractivity contribution >= 4 is 5.91 Å². The summed E-state index contributed by atoms with van der Waals surface area (Å²) in [6.45, 7) is 1.79. The van der Waals surface area contributed by atoms with Crippen LogP contribution in [-0.4, -0.2) is 31.7 Å². The third kappa shape index (κ3) is 4.71. The number of carbonyl (C=O) groups is 1. The lowest BCUT2D eigenvalue weighted by molar-refractivity contribution is -0.126. The first kappa shape index (κ1) is 16.8. The first-order valence-corrected chi connectivity index (χ1v) is 7.92. The van der Waals surface area contributed by atoms with Crippen LogP contribution in [0.4, 0.5) is 0 Å². The second-order valence-corrected chi connectivity index (χ2v) is 5.87. The maximum absolute atomic E-state index is 12.0. The molecule has 0 radical (unpaired) electrons. The fourth-order valence-electron chi connectivity index (χ4n) is 2.70. The molecule has 0 aromatic heterocycles. The van der Waals surface area contributed by atoms with E-state index in [1.165, 1.54) is 0 Å². The van der Waals surface area contributed by atoms with Crippen molar-refractivity contribution in [1.29, 1.82) is 0 Å². The summed E-state index contributed by atoms with van der Waals surface area (Å²) in [6, 6.07) is 7.81. The second-order valence-electron chi connectivity index (χ2n) is 5.87. The average molecular weight is 306 g/mol. The number of hydrogen-bond donors (Lipinski definition) is 2. The Morgan fingerprint density at radius 3 is 2.59 bits per heavy atom. The quantitative estimate of drug-likeness (QED) is 0.720. The Morgan fingerprint density at radius 2 is 1.95 bits per heavy atom. The minimum absolute atomic E-state index is 0.0137. The molecule has 2 rings (SSSR count). The number of ether oxygens (including phenoxy) is 2. The van der Waals surface area contributed by atoms with E-state index in [1.54, 1.807) is 7.11 Å². The van der Waals surface area contributed by atoms with Crippen LogP contribution >= 0.6 is 0 Å². The van der Waals surface area contributed by atoms with Gasteiger partial charge in [-0.15, -0.1) is 0 Å². The van der Waals surface area contributed by atoms with Crippen LogP contribution < -0.4 is 15.8 Å². The van der Waals surface area contributed by atoms with Crippen molar-refractivity contribution < 1.29 is 14.3 Å². The predicted octanol–water partition coefficient (Wildman–Crippen LogP) is 1.99. The summed E-state index contributed by atoms with van der Waals surface area (Å²) in [4.78, 5) is 12.0. The fraction of sp³-hybridized carbons (Fsp3) is 0.588. The molecule has 5 nitrogen and oxygen atoms in total. The van der Waals surface area contributed by atoms with Crippen LogP contribution in [0.25, 0.3) is 0 Å². The predicted molar refractivity (Wildman–Crippen MR) is 85.7 cm³/mol. The molecule has 0 unspecified atom stereocenters. The lowest BCUT2D eigenvalue weighted by Gasteiger charge is -2.22. The topological polar surface area (TPSA) is 73.6 Å². The number of methoxy groups -OCH3 is 1. The van der Waals surface area contributed by atoms with Crippen LogP contribution in [0.3, 0.4) is 0 Å². The van der Waals surface area contributed by atoms with Gasteiger partial charge in [-0.2, -0.15) is 0 Å². The molecule has 5 heteroatoms. The van der Waals surface area contributed by atoms with E-state index in [9.17, 15) is 4.79 Å². The maximum atomic E-state index is 12.0. The van der Waals surface area contributed by atoms with Gasteiger partial charge in [0.05, 0.1) is 19.3 Å². The van der Waals surface area contributed by atoms with Crippen molar-refractivity contribution in [2.75, 3.05) is 20.3 Å². The smallest absolute Gasteiger partial charge is 0.240 e. The summed E-state index contributed by atoms with van der Waals surface area (Å²) < 4.78 is 10.7. The zero-order valence-corrected chi connectivity index (χ0v) is 13.3. The Hall–Kier alpha value is -1.59. The SMILES string of the molecule is COc1ccc(COCCCNC(=O)C2(N)CCCC2)cc1. The molecule has 1 fully saturated rings. The van der Waals surface area contributed by atoms with Crippen molar-refractivity contribution in [3.05, 3.63) is 29.8 Å². The molecule has 1 amide bonds. The highest BCUT2D eigenvalue weighted by molar-refractivity contribution is 5.86. The summed E-state index contributed by atoms with van der Waals surface area (Å²) in [6.07, 6.45) is 4.49. The summed E-state index contributed by atoms with van der Waals surface area (Å²) in [5.41, 5.74) is 6.56. The van der Waals surface area contributed by atoms with Crippen molar-refractivity contribution in [2.45, 2.75) is 44.2 Å². The van der Waals surface area contributed by atoms with Crippen molar-refractivity contribution in [2.24, 2.45) is 5.73 Å². The van der Waals surface area contributed by atoms with Crippen LogP contribution in [0, 0.1) is 0 Å². The van der Waals surface area contributed by atoms with Crippen molar-refractivity contribution in [3.63, 3.8) is 0 Å².